The molecular weight excluding hydrogens is 202 g/mol. The van der Waals surface area contributed by atoms with Gasteiger partial charge >= 0.3 is 0 Å². The molecule has 78 valence electrons. The van der Waals surface area contributed by atoms with E-state index in [9.17, 15) is 0 Å². The molecule has 0 aliphatic heterocycles. The molecule has 4 heteroatoms. The lowest BCUT2D eigenvalue weighted by atomic mass is 10.0. The van der Waals surface area contributed by atoms with E-state index < -0.39 is 0 Å². The molecule has 0 amide bonds. The highest BCUT2D eigenvalue weighted by Crippen LogP contribution is 2.25. The summed E-state index contributed by atoms with van der Waals surface area (Å²) in [6.07, 6.45) is 2.31. The summed E-state index contributed by atoms with van der Waals surface area (Å²) in [4.78, 5) is 0. The Hall–Kier alpha value is -1.19. The van der Waals surface area contributed by atoms with Crippen molar-refractivity contribution in [1.82, 2.24) is 0 Å². The zero-order valence-electron chi connectivity index (χ0n) is 7.68. The fourth-order valence-corrected chi connectivity index (χ4v) is 1.15. The average Bonchev–Trinajstić information content (AvgIpc) is 2.03. The van der Waals surface area contributed by atoms with Gasteiger partial charge in [-0.1, -0.05) is 6.08 Å². The SMILES string of the molecule is C=CC[C@@H](N)c1cc(O)cc(O)c1.Cl. The van der Waals surface area contributed by atoms with E-state index in [-0.39, 0.29) is 29.9 Å². The van der Waals surface area contributed by atoms with Crippen LogP contribution >= 0.6 is 12.4 Å². The molecular formula is C10H14ClNO2. The van der Waals surface area contributed by atoms with Crippen molar-refractivity contribution in [3.8, 4) is 11.5 Å². The van der Waals surface area contributed by atoms with Crippen LogP contribution in [0.25, 0.3) is 0 Å². The summed E-state index contributed by atoms with van der Waals surface area (Å²) < 4.78 is 0. The van der Waals surface area contributed by atoms with E-state index >= 15 is 0 Å². The first-order chi connectivity index (χ1) is 6.13. The summed E-state index contributed by atoms with van der Waals surface area (Å²) in [5.41, 5.74) is 6.46. The Morgan fingerprint density at radius 1 is 1.29 bits per heavy atom. The normalized spacial score (nSPS) is 11.5. The lowest BCUT2D eigenvalue weighted by molar-refractivity contribution is 0.448. The fraction of sp³-hybridized carbons (Fsp3) is 0.200. The molecule has 0 spiro atoms. The van der Waals surface area contributed by atoms with Gasteiger partial charge < -0.3 is 15.9 Å². The highest BCUT2D eigenvalue weighted by atomic mass is 35.5. The summed E-state index contributed by atoms with van der Waals surface area (Å²) in [5.74, 6) is 0.0454. The molecule has 1 atom stereocenters. The van der Waals surface area contributed by atoms with Gasteiger partial charge in [0, 0.05) is 12.1 Å². The molecule has 0 bridgehead atoms. The molecule has 0 saturated heterocycles. The second kappa shape index (κ2) is 5.52. The standard InChI is InChI=1S/C10H13NO2.ClH/c1-2-3-10(11)7-4-8(12)6-9(13)5-7;/h2,4-6,10,12-13H,1,3,11H2;1H/t10-;/m1./s1. The summed E-state index contributed by atoms with van der Waals surface area (Å²) >= 11 is 0. The fourth-order valence-electron chi connectivity index (χ4n) is 1.15. The molecule has 0 aromatic heterocycles. The van der Waals surface area contributed by atoms with Crippen LogP contribution in [-0.4, -0.2) is 10.2 Å². The maximum Gasteiger partial charge on any atom is 0.119 e. The average molecular weight is 216 g/mol. The molecule has 0 unspecified atom stereocenters. The molecule has 0 radical (unpaired) electrons. The Morgan fingerprint density at radius 2 is 1.79 bits per heavy atom. The molecule has 0 aliphatic rings. The van der Waals surface area contributed by atoms with Gasteiger partial charge in [-0.3, -0.25) is 0 Å². The third-order valence-electron chi connectivity index (χ3n) is 1.77. The predicted octanol–water partition coefficient (Wildman–Crippen LogP) is 2.10. The molecule has 1 aromatic carbocycles. The summed E-state index contributed by atoms with van der Waals surface area (Å²) in [6.45, 7) is 3.57. The third kappa shape index (κ3) is 3.28. The number of phenolic OH excluding ortho intramolecular Hbond substituents is 2. The zero-order chi connectivity index (χ0) is 9.84. The monoisotopic (exact) mass is 215 g/mol. The van der Waals surface area contributed by atoms with Crippen molar-refractivity contribution in [3.63, 3.8) is 0 Å². The predicted molar refractivity (Wildman–Crippen MR) is 58.8 cm³/mol. The van der Waals surface area contributed by atoms with Gasteiger partial charge in [0.15, 0.2) is 0 Å². The molecule has 0 heterocycles. The van der Waals surface area contributed by atoms with Crippen molar-refractivity contribution in [2.75, 3.05) is 0 Å². The number of phenols is 2. The number of hydrogen-bond donors (Lipinski definition) is 3. The molecule has 14 heavy (non-hydrogen) atoms. The number of hydrogen-bond acceptors (Lipinski definition) is 3. The minimum atomic E-state index is -0.226. The summed E-state index contributed by atoms with van der Waals surface area (Å²) in [5, 5.41) is 18.3. The van der Waals surface area contributed by atoms with E-state index in [0.717, 1.165) is 0 Å². The van der Waals surface area contributed by atoms with Gasteiger partial charge in [0.2, 0.25) is 0 Å². The van der Waals surface area contributed by atoms with Crippen molar-refractivity contribution in [2.24, 2.45) is 5.73 Å². The number of benzene rings is 1. The zero-order valence-corrected chi connectivity index (χ0v) is 8.50. The topological polar surface area (TPSA) is 66.5 Å². The quantitative estimate of drug-likeness (QED) is 0.677. The van der Waals surface area contributed by atoms with Crippen molar-refractivity contribution in [2.45, 2.75) is 12.5 Å². The minimum Gasteiger partial charge on any atom is -0.508 e. The van der Waals surface area contributed by atoms with Crippen LogP contribution < -0.4 is 5.73 Å². The molecule has 1 rings (SSSR count). The minimum absolute atomic E-state index is 0. The summed E-state index contributed by atoms with van der Waals surface area (Å²) in [6, 6.07) is 4.11. The van der Waals surface area contributed by atoms with Gasteiger partial charge in [0.1, 0.15) is 11.5 Å². The highest BCUT2D eigenvalue weighted by Gasteiger charge is 2.06. The van der Waals surface area contributed by atoms with E-state index in [0.29, 0.717) is 12.0 Å². The smallest absolute Gasteiger partial charge is 0.119 e. The van der Waals surface area contributed by atoms with E-state index in [4.69, 9.17) is 15.9 Å². The van der Waals surface area contributed by atoms with E-state index in [2.05, 4.69) is 6.58 Å². The second-order valence-corrected chi connectivity index (χ2v) is 2.91. The highest BCUT2D eigenvalue weighted by molar-refractivity contribution is 5.85. The van der Waals surface area contributed by atoms with Crippen LogP contribution in [0.5, 0.6) is 11.5 Å². The Kier molecular flexibility index (Phi) is 5.05. The van der Waals surface area contributed by atoms with Crippen LogP contribution in [0.3, 0.4) is 0 Å². The number of rotatable bonds is 3. The van der Waals surface area contributed by atoms with E-state index in [1.807, 2.05) is 0 Å². The maximum absolute atomic E-state index is 9.17. The van der Waals surface area contributed by atoms with Crippen molar-refractivity contribution >= 4 is 12.4 Å². The van der Waals surface area contributed by atoms with Crippen LogP contribution in [0, 0.1) is 0 Å². The summed E-state index contributed by atoms with van der Waals surface area (Å²) in [7, 11) is 0. The molecule has 0 aliphatic carbocycles. The van der Waals surface area contributed by atoms with Crippen molar-refractivity contribution in [1.29, 1.82) is 0 Å². The molecule has 1 aromatic rings. The van der Waals surface area contributed by atoms with Crippen molar-refractivity contribution in [3.05, 3.63) is 36.4 Å². The van der Waals surface area contributed by atoms with Gasteiger partial charge in [0.05, 0.1) is 0 Å². The number of halogens is 1. The Bertz CT molecular complexity index is 295. The van der Waals surface area contributed by atoms with E-state index in [1.54, 1.807) is 6.08 Å². The van der Waals surface area contributed by atoms with Gasteiger partial charge in [0.25, 0.3) is 0 Å². The first kappa shape index (κ1) is 12.8. The van der Waals surface area contributed by atoms with Crippen LogP contribution in [0.2, 0.25) is 0 Å². The largest absolute Gasteiger partial charge is 0.508 e. The third-order valence-corrected chi connectivity index (χ3v) is 1.77. The number of nitrogens with two attached hydrogens (primary N) is 1. The van der Waals surface area contributed by atoms with Gasteiger partial charge in [-0.2, -0.15) is 0 Å². The Balaban J connectivity index is 0.00000169. The second-order valence-electron chi connectivity index (χ2n) is 2.91. The Labute approximate surface area is 89.3 Å². The molecule has 0 saturated carbocycles. The van der Waals surface area contributed by atoms with Gasteiger partial charge in [-0.15, -0.1) is 19.0 Å². The van der Waals surface area contributed by atoms with Gasteiger partial charge in [-0.05, 0) is 24.1 Å². The lowest BCUT2D eigenvalue weighted by Crippen LogP contribution is -2.08. The first-order valence-electron chi connectivity index (χ1n) is 4.03. The molecule has 4 N–H and O–H groups in total. The molecule has 3 nitrogen and oxygen atoms in total. The van der Waals surface area contributed by atoms with E-state index in [1.165, 1.54) is 18.2 Å². The first-order valence-corrected chi connectivity index (χ1v) is 4.03. The van der Waals surface area contributed by atoms with Crippen LogP contribution in [0.4, 0.5) is 0 Å². The lowest BCUT2D eigenvalue weighted by Gasteiger charge is -2.09. The van der Waals surface area contributed by atoms with Crippen molar-refractivity contribution < 1.29 is 10.2 Å². The van der Waals surface area contributed by atoms with Gasteiger partial charge in [-0.25, -0.2) is 0 Å². The van der Waals surface area contributed by atoms with Crippen LogP contribution in [0.15, 0.2) is 30.9 Å². The number of aromatic hydroxyl groups is 2. The maximum atomic E-state index is 9.17. The van der Waals surface area contributed by atoms with Crippen LogP contribution in [-0.2, 0) is 0 Å². The Morgan fingerprint density at radius 3 is 2.21 bits per heavy atom. The van der Waals surface area contributed by atoms with Crippen LogP contribution in [0.1, 0.15) is 18.0 Å². The molecule has 0 fully saturated rings.